The van der Waals surface area contributed by atoms with Gasteiger partial charge in [-0.15, -0.1) is 0 Å². The van der Waals surface area contributed by atoms with Crippen LogP contribution < -0.4 is 4.72 Å². The smallest absolute Gasteiger partial charge is 0.240 e. The Morgan fingerprint density at radius 1 is 1.26 bits per heavy atom. The molecule has 0 saturated heterocycles. The Morgan fingerprint density at radius 3 is 2.68 bits per heavy atom. The third-order valence-corrected chi connectivity index (χ3v) is 4.46. The van der Waals surface area contributed by atoms with Gasteiger partial charge in [0.2, 0.25) is 10.0 Å². The molecule has 0 amide bonds. The summed E-state index contributed by atoms with van der Waals surface area (Å²) >= 11 is 0. The van der Waals surface area contributed by atoms with E-state index in [4.69, 9.17) is 0 Å². The average molecular weight is 279 g/mol. The molecule has 0 spiro atoms. The molecular formula is C13H17N3O2S. The fourth-order valence-corrected chi connectivity index (χ4v) is 2.82. The highest BCUT2D eigenvalue weighted by atomic mass is 32.2. The van der Waals surface area contributed by atoms with Gasteiger partial charge in [-0.1, -0.05) is 6.07 Å². The molecule has 2 aromatic rings. The summed E-state index contributed by atoms with van der Waals surface area (Å²) in [6.07, 6.45) is 3.90. The first kappa shape index (κ1) is 13.8. The minimum absolute atomic E-state index is 0.301. The first-order valence-corrected chi connectivity index (χ1v) is 7.52. The van der Waals surface area contributed by atoms with E-state index in [1.165, 1.54) is 0 Å². The average Bonchev–Trinajstić information content (AvgIpc) is 2.85. The lowest BCUT2D eigenvalue weighted by Gasteiger charge is -2.08. The van der Waals surface area contributed by atoms with Gasteiger partial charge >= 0.3 is 0 Å². The number of H-pyrrole nitrogens is 1. The van der Waals surface area contributed by atoms with E-state index in [0.29, 0.717) is 17.9 Å². The summed E-state index contributed by atoms with van der Waals surface area (Å²) in [5, 5.41) is 0. The van der Waals surface area contributed by atoms with Crippen LogP contribution in [-0.4, -0.2) is 24.9 Å². The van der Waals surface area contributed by atoms with E-state index >= 15 is 0 Å². The first-order valence-electron chi connectivity index (χ1n) is 6.04. The zero-order valence-corrected chi connectivity index (χ0v) is 11.8. The van der Waals surface area contributed by atoms with Crippen LogP contribution in [0, 0.1) is 13.8 Å². The van der Waals surface area contributed by atoms with Crippen molar-refractivity contribution in [2.75, 3.05) is 6.54 Å². The highest BCUT2D eigenvalue weighted by molar-refractivity contribution is 7.89. The Balaban J connectivity index is 2.03. The molecule has 0 atom stereocenters. The Morgan fingerprint density at radius 2 is 2.05 bits per heavy atom. The molecule has 0 aliphatic heterocycles. The predicted octanol–water partition coefficient (Wildman–Crippen LogP) is 1.55. The van der Waals surface area contributed by atoms with Crippen molar-refractivity contribution in [3.63, 3.8) is 0 Å². The van der Waals surface area contributed by atoms with Crippen molar-refractivity contribution in [2.24, 2.45) is 0 Å². The number of aromatic nitrogens is 2. The van der Waals surface area contributed by atoms with E-state index in [9.17, 15) is 8.42 Å². The van der Waals surface area contributed by atoms with Crippen molar-refractivity contribution in [2.45, 2.75) is 25.2 Å². The van der Waals surface area contributed by atoms with Crippen LogP contribution in [0.15, 0.2) is 35.5 Å². The van der Waals surface area contributed by atoms with Gasteiger partial charge in [0.25, 0.3) is 0 Å². The molecule has 0 saturated carbocycles. The number of nitrogens with one attached hydrogen (secondary N) is 2. The molecular weight excluding hydrogens is 262 g/mol. The van der Waals surface area contributed by atoms with Gasteiger partial charge in [-0.25, -0.2) is 18.1 Å². The topological polar surface area (TPSA) is 74.8 Å². The molecule has 0 fully saturated rings. The molecule has 0 bridgehead atoms. The van der Waals surface area contributed by atoms with Crippen LogP contribution in [0.5, 0.6) is 0 Å². The third kappa shape index (κ3) is 3.42. The molecule has 5 nitrogen and oxygen atoms in total. The van der Waals surface area contributed by atoms with Gasteiger partial charge in [-0.2, -0.15) is 0 Å². The molecule has 0 radical (unpaired) electrons. The van der Waals surface area contributed by atoms with Crippen molar-refractivity contribution in [3.05, 3.63) is 47.5 Å². The first-order chi connectivity index (χ1) is 8.99. The van der Waals surface area contributed by atoms with Gasteiger partial charge in [0.15, 0.2) is 0 Å². The summed E-state index contributed by atoms with van der Waals surface area (Å²) in [6.45, 7) is 4.18. The van der Waals surface area contributed by atoms with Crippen LogP contribution in [0.4, 0.5) is 0 Å². The zero-order chi connectivity index (χ0) is 13.9. The lowest BCUT2D eigenvalue weighted by molar-refractivity contribution is 0.581. The lowest BCUT2D eigenvalue weighted by atomic mass is 10.1. The highest BCUT2D eigenvalue weighted by Crippen LogP contribution is 2.14. The summed E-state index contributed by atoms with van der Waals surface area (Å²) < 4.78 is 26.7. The third-order valence-electron chi connectivity index (χ3n) is 3.00. The Bertz CT molecular complexity index is 649. The molecule has 1 aromatic heterocycles. The van der Waals surface area contributed by atoms with Crippen LogP contribution in [0.3, 0.4) is 0 Å². The van der Waals surface area contributed by atoms with Crippen molar-refractivity contribution >= 4 is 10.0 Å². The molecule has 0 unspecified atom stereocenters. The minimum atomic E-state index is -3.44. The van der Waals surface area contributed by atoms with Crippen molar-refractivity contribution in [1.29, 1.82) is 0 Å². The van der Waals surface area contributed by atoms with E-state index in [0.717, 1.165) is 17.0 Å². The van der Waals surface area contributed by atoms with E-state index < -0.39 is 10.0 Å². The molecule has 19 heavy (non-hydrogen) atoms. The number of hydrogen-bond acceptors (Lipinski definition) is 3. The van der Waals surface area contributed by atoms with Crippen molar-refractivity contribution < 1.29 is 8.42 Å². The van der Waals surface area contributed by atoms with Crippen molar-refractivity contribution in [1.82, 2.24) is 14.7 Å². The maximum absolute atomic E-state index is 12.1. The Labute approximate surface area is 113 Å². The number of hydrogen-bond donors (Lipinski definition) is 2. The zero-order valence-electron chi connectivity index (χ0n) is 11.0. The second-order valence-corrected chi connectivity index (χ2v) is 6.20. The number of benzene rings is 1. The predicted molar refractivity (Wildman–Crippen MR) is 73.4 cm³/mol. The normalized spacial score (nSPS) is 11.7. The Hall–Kier alpha value is -1.66. The summed E-state index contributed by atoms with van der Waals surface area (Å²) in [5.41, 5.74) is 2.04. The highest BCUT2D eigenvalue weighted by Gasteiger charge is 2.14. The quantitative estimate of drug-likeness (QED) is 0.872. The number of imidazole rings is 1. The van der Waals surface area contributed by atoms with E-state index in [2.05, 4.69) is 14.7 Å². The van der Waals surface area contributed by atoms with Gasteiger partial charge in [-0.3, -0.25) is 0 Å². The van der Waals surface area contributed by atoms with Gasteiger partial charge in [-0.05, 0) is 37.1 Å². The van der Waals surface area contributed by atoms with Crippen LogP contribution in [-0.2, 0) is 16.4 Å². The minimum Gasteiger partial charge on any atom is -0.349 e. The van der Waals surface area contributed by atoms with Crippen LogP contribution in [0.1, 0.15) is 17.0 Å². The number of nitrogens with zero attached hydrogens (tertiary/aromatic N) is 1. The molecule has 2 N–H and O–H groups in total. The van der Waals surface area contributed by atoms with Crippen LogP contribution in [0.2, 0.25) is 0 Å². The van der Waals surface area contributed by atoms with Gasteiger partial charge < -0.3 is 4.98 Å². The monoisotopic (exact) mass is 279 g/mol. The molecule has 1 heterocycles. The summed E-state index contributed by atoms with van der Waals surface area (Å²) in [6, 6.07) is 5.12. The molecule has 6 heteroatoms. The molecule has 0 aliphatic rings. The second-order valence-electron chi connectivity index (χ2n) is 4.43. The molecule has 102 valence electrons. The summed E-state index contributed by atoms with van der Waals surface area (Å²) in [7, 11) is -3.44. The van der Waals surface area contributed by atoms with Crippen LogP contribution >= 0.6 is 0 Å². The molecule has 2 rings (SSSR count). The van der Waals surface area contributed by atoms with Crippen molar-refractivity contribution in [3.8, 4) is 0 Å². The molecule has 0 aliphatic carbocycles. The van der Waals surface area contributed by atoms with E-state index in [1.807, 2.05) is 19.9 Å². The maximum Gasteiger partial charge on any atom is 0.240 e. The second kappa shape index (κ2) is 5.54. The summed E-state index contributed by atoms with van der Waals surface area (Å²) in [4.78, 5) is 7.28. The Kier molecular flexibility index (Phi) is 4.01. The van der Waals surface area contributed by atoms with E-state index in [1.54, 1.807) is 24.5 Å². The number of rotatable bonds is 5. The SMILES string of the molecule is Cc1ccc(S(=O)(=O)NCCc2ncc[nH]2)cc1C. The fraction of sp³-hybridized carbons (Fsp3) is 0.308. The van der Waals surface area contributed by atoms with Gasteiger partial charge in [0.05, 0.1) is 4.90 Å². The number of aryl methyl sites for hydroxylation is 2. The largest absolute Gasteiger partial charge is 0.349 e. The summed E-state index contributed by atoms with van der Waals surface area (Å²) in [5.74, 6) is 0.766. The van der Waals surface area contributed by atoms with Gasteiger partial charge in [0.1, 0.15) is 5.82 Å². The van der Waals surface area contributed by atoms with Gasteiger partial charge in [0, 0.05) is 25.4 Å². The standard InChI is InChI=1S/C13H17N3O2S/c1-10-3-4-12(9-11(10)2)19(17,18)16-6-5-13-14-7-8-15-13/h3-4,7-9,16H,5-6H2,1-2H3,(H,14,15). The number of sulfonamides is 1. The fourth-order valence-electron chi connectivity index (χ4n) is 1.70. The molecule has 1 aromatic carbocycles. The van der Waals surface area contributed by atoms with E-state index in [-0.39, 0.29) is 0 Å². The number of aromatic amines is 1. The van der Waals surface area contributed by atoms with Crippen LogP contribution in [0.25, 0.3) is 0 Å². The maximum atomic E-state index is 12.1. The lowest BCUT2D eigenvalue weighted by Crippen LogP contribution is -2.26.